The Morgan fingerprint density at radius 3 is 2.69 bits per heavy atom. The summed E-state index contributed by atoms with van der Waals surface area (Å²) in [6, 6.07) is 4.84. The number of methoxy groups -OCH3 is 1. The van der Waals surface area contributed by atoms with Crippen molar-refractivity contribution in [1.29, 1.82) is 0 Å². The van der Waals surface area contributed by atoms with Crippen molar-refractivity contribution in [2.45, 2.75) is 32.5 Å². The molecule has 0 saturated carbocycles. The molecule has 0 aromatic heterocycles. The van der Waals surface area contributed by atoms with Gasteiger partial charge in [0.05, 0.1) is 6.10 Å². The summed E-state index contributed by atoms with van der Waals surface area (Å²) in [4.78, 5) is 0. The van der Waals surface area contributed by atoms with Gasteiger partial charge < -0.3 is 10.1 Å². The summed E-state index contributed by atoms with van der Waals surface area (Å²) in [5.41, 5.74) is 0.499. The Balaban J connectivity index is 2.61. The van der Waals surface area contributed by atoms with Crippen LogP contribution in [0.5, 0.6) is 0 Å². The molecule has 0 aliphatic heterocycles. The minimum absolute atomic E-state index is 0.0746. The van der Waals surface area contributed by atoms with Crippen molar-refractivity contribution < 1.29 is 9.13 Å². The van der Waals surface area contributed by atoms with Gasteiger partial charge in [0.25, 0.3) is 0 Å². The maximum atomic E-state index is 13.4. The molecule has 0 bridgehead atoms. The van der Waals surface area contributed by atoms with Crippen LogP contribution in [-0.4, -0.2) is 19.3 Å². The average Bonchev–Trinajstić information content (AvgIpc) is 2.27. The molecule has 16 heavy (non-hydrogen) atoms. The zero-order chi connectivity index (χ0) is 12.1. The van der Waals surface area contributed by atoms with Crippen molar-refractivity contribution in [3.63, 3.8) is 0 Å². The summed E-state index contributed by atoms with van der Waals surface area (Å²) >= 11 is 5.92. The molecule has 0 saturated heterocycles. The lowest BCUT2D eigenvalue weighted by atomic mass is 10.1. The third kappa shape index (κ3) is 3.44. The van der Waals surface area contributed by atoms with Gasteiger partial charge in [-0.25, -0.2) is 4.39 Å². The van der Waals surface area contributed by atoms with Crippen molar-refractivity contribution in [2.24, 2.45) is 0 Å². The van der Waals surface area contributed by atoms with E-state index in [-0.39, 0.29) is 18.0 Å². The normalized spacial score (nSPS) is 14.8. The third-order valence-electron chi connectivity index (χ3n) is 2.74. The van der Waals surface area contributed by atoms with E-state index in [1.807, 2.05) is 13.8 Å². The molecule has 2 atom stereocenters. The minimum Gasteiger partial charge on any atom is -0.380 e. The maximum absolute atomic E-state index is 13.4. The number of ether oxygens (including phenoxy) is 1. The molecule has 0 fully saturated rings. The van der Waals surface area contributed by atoms with E-state index < -0.39 is 0 Å². The summed E-state index contributed by atoms with van der Waals surface area (Å²) in [6.07, 6.45) is 0.0746. The van der Waals surface area contributed by atoms with Crippen LogP contribution in [0.4, 0.5) is 4.39 Å². The van der Waals surface area contributed by atoms with Crippen molar-refractivity contribution in [2.75, 3.05) is 7.11 Å². The van der Waals surface area contributed by atoms with Gasteiger partial charge in [0, 0.05) is 30.3 Å². The molecule has 1 aromatic carbocycles. The highest BCUT2D eigenvalue weighted by molar-refractivity contribution is 6.31. The lowest BCUT2D eigenvalue weighted by molar-refractivity contribution is 0.0881. The Morgan fingerprint density at radius 2 is 2.12 bits per heavy atom. The minimum atomic E-state index is -0.280. The predicted octanol–water partition coefficient (Wildman–Crippen LogP) is 2.99. The summed E-state index contributed by atoms with van der Waals surface area (Å²) in [7, 11) is 1.65. The second-order valence-electron chi connectivity index (χ2n) is 3.81. The van der Waals surface area contributed by atoms with Gasteiger partial charge in [0.15, 0.2) is 0 Å². The van der Waals surface area contributed by atoms with Crippen molar-refractivity contribution in [3.05, 3.63) is 34.6 Å². The molecule has 1 aromatic rings. The van der Waals surface area contributed by atoms with Crippen LogP contribution in [0, 0.1) is 5.82 Å². The number of benzene rings is 1. The Bertz CT molecular complexity index is 326. The zero-order valence-corrected chi connectivity index (χ0v) is 10.5. The first kappa shape index (κ1) is 13.4. The molecule has 0 heterocycles. The third-order valence-corrected chi connectivity index (χ3v) is 3.09. The van der Waals surface area contributed by atoms with Gasteiger partial charge in [0.1, 0.15) is 5.82 Å². The molecular formula is C12H17ClFNO. The molecule has 90 valence electrons. The molecule has 1 N–H and O–H groups in total. The SMILES string of the molecule is COC(C)C(C)NCc1c(F)cccc1Cl. The first-order valence-electron chi connectivity index (χ1n) is 5.25. The monoisotopic (exact) mass is 245 g/mol. The first-order valence-corrected chi connectivity index (χ1v) is 5.63. The molecule has 0 aliphatic carbocycles. The van der Waals surface area contributed by atoms with Gasteiger partial charge in [-0.15, -0.1) is 0 Å². The Labute approximate surface area is 101 Å². The summed E-state index contributed by atoms with van der Waals surface area (Å²) in [6.45, 7) is 4.35. The van der Waals surface area contributed by atoms with Crippen LogP contribution in [0.3, 0.4) is 0 Å². The smallest absolute Gasteiger partial charge is 0.129 e. The molecule has 0 aliphatic rings. The van der Waals surface area contributed by atoms with Crippen LogP contribution in [0.15, 0.2) is 18.2 Å². The fourth-order valence-corrected chi connectivity index (χ4v) is 1.56. The number of hydrogen-bond acceptors (Lipinski definition) is 2. The molecule has 2 nitrogen and oxygen atoms in total. The summed E-state index contributed by atoms with van der Waals surface area (Å²) in [5, 5.41) is 3.63. The number of hydrogen-bond donors (Lipinski definition) is 1. The molecule has 0 amide bonds. The van der Waals surface area contributed by atoms with E-state index in [1.54, 1.807) is 19.2 Å². The number of halogens is 2. The standard InChI is InChI=1S/C12H17ClFNO/c1-8(9(2)16-3)15-7-10-11(13)5-4-6-12(10)14/h4-6,8-9,15H,7H2,1-3H3. The van der Waals surface area contributed by atoms with E-state index in [1.165, 1.54) is 6.07 Å². The van der Waals surface area contributed by atoms with Crippen molar-refractivity contribution in [1.82, 2.24) is 5.32 Å². The topological polar surface area (TPSA) is 21.3 Å². The van der Waals surface area contributed by atoms with Gasteiger partial charge in [-0.3, -0.25) is 0 Å². The summed E-state index contributed by atoms with van der Waals surface area (Å²) in [5.74, 6) is -0.280. The van der Waals surface area contributed by atoms with E-state index >= 15 is 0 Å². The van der Waals surface area contributed by atoms with E-state index in [9.17, 15) is 4.39 Å². The van der Waals surface area contributed by atoms with Crippen LogP contribution in [0.25, 0.3) is 0 Å². The Morgan fingerprint density at radius 1 is 1.44 bits per heavy atom. The molecule has 4 heteroatoms. The van der Waals surface area contributed by atoms with E-state index in [2.05, 4.69) is 5.32 Å². The average molecular weight is 246 g/mol. The van der Waals surface area contributed by atoms with E-state index in [0.717, 1.165) is 0 Å². The Hall–Kier alpha value is -0.640. The highest BCUT2D eigenvalue weighted by Gasteiger charge is 2.12. The van der Waals surface area contributed by atoms with Crippen molar-refractivity contribution >= 4 is 11.6 Å². The lowest BCUT2D eigenvalue weighted by Gasteiger charge is -2.20. The van der Waals surface area contributed by atoms with E-state index in [4.69, 9.17) is 16.3 Å². The fourth-order valence-electron chi connectivity index (χ4n) is 1.33. The summed E-state index contributed by atoms with van der Waals surface area (Å²) < 4.78 is 18.6. The fraction of sp³-hybridized carbons (Fsp3) is 0.500. The zero-order valence-electron chi connectivity index (χ0n) is 9.76. The highest BCUT2D eigenvalue weighted by atomic mass is 35.5. The lowest BCUT2D eigenvalue weighted by Crippen LogP contribution is -2.36. The van der Waals surface area contributed by atoms with Crippen molar-refractivity contribution in [3.8, 4) is 0 Å². The maximum Gasteiger partial charge on any atom is 0.129 e. The molecular weight excluding hydrogens is 229 g/mol. The van der Waals surface area contributed by atoms with Gasteiger partial charge in [-0.05, 0) is 26.0 Å². The van der Waals surface area contributed by atoms with Crippen LogP contribution < -0.4 is 5.32 Å². The van der Waals surface area contributed by atoms with Crippen LogP contribution >= 0.6 is 11.6 Å². The molecule has 1 rings (SSSR count). The second-order valence-corrected chi connectivity index (χ2v) is 4.22. The highest BCUT2D eigenvalue weighted by Crippen LogP contribution is 2.18. The molecule has 2 unspecified atom stereocenters. The first-order chi connectivity index (χ1) is 7.56. The quantitative estimate of drug-likeness (QED) is 0.861. The van der Waals surface area contributed by atoms with E-state index in [0.29, 0.717) is 17.1 Å². The number of nitrogens with one attached hydrogen (secondary N) is 1. The van der Waals surface area contributed by atoms with Gasteiger partial charge in [0.2, 0.25) is 0 Å². The van der Waals surface area contributed by atoms with Crippen LogP contribution in [0.1, 0.15) is 19.4 Å². The Kier molecular flexibility index (Phi) is 5.19. The van der Waals surface area contributed by atoms with Crippen LogP contribution in [0.2, 0.25) is 5.02 Å². The van der Waals surface area contributed by atoms with Gasteiger partial charge in [-0.1, -0.05) is 17.7 Å². The van der Waals surface area contributed by atoms with Gasteiger partial charge in [-0.2, -0.15) is 0 Å². The van der Waals surface area contributed by atoms with Crippen LogP contribution in [-0.2, 0) is 11.3 Å². The predicted molar refractivity (Wildman–Crippen MR) is 64.2 cm³/mol. The molecule has 0 spiro atoms. The second kappa shape index (κ2) is 6.18. The largest absolute Gasteiger partial charge is 0.380 e. The number of rotatable bonds is 5. The molecule has 0 radical (unpaired) electrons. The van der Waals surface area contributed by atoms with Gasteiger partial charge >= 0.3 is 0 Å².